The number of amides is 1. The summed E-state index contributed by atoms with van der Waals surface area (Å²) in [5, 5.41) is 0. The van der Waals surface area contributed by atoms with Crippen LogP contribution in [-0.2, 0) is 9.53 Å². The van der Waals surface area contributed by atoms with E-state index in [1.807, 2.05) is 4.90 Å². The zero-order valence-electron chi connectivity index (χ0n) is 9.11. The second-order valence-corrected chi connectivity index (χ2v) is 4.01. The van der Waals surface area contributed by atoms with E-state index in [2.05, 4.69) is 11.9 Å². The second-order valence-electron chi connectivity index (χ2n) is 4.01. The highest BCUT2D eigenvalue weighted by Crippen LogP contribution is 2.14. The monoisotopic (exact) mass is 200 g/mol. The Balaban J connectivity index is 2.22. The number of carbonyl (C=O) groups is 1. The predicted octanol–water partition coefficient (Wildman–Crippen LogP) is 0.0429. The minimum Gasteiger partial charge on any atom is -0.383 e. The van der Waals surface area contributed by atoms with Gasteiger partial charge in [0.2, 0.25) is 6.41 Å². The van der Waals surface area contributed by atoms with E-state index in [1.54, 1.807) is 7.11 Å². The molecule has 0 radical (unpaired) electrons. The SMILES string of the molecule is COCCN(C=O)CC1CCN(C)C1. The number of rotatable bonds is 6. The van der Waals surface area contributed by atoms with E-state index < -0.39 is 0 Å². The van der Waals surface area contributed by atoms with Gasteiger partial charge in [0, 0.05) is 26.7 Å². The Morgan fingerprint density at radius 1 is 1.64 bits per heavy atom. The maximum Gasteiger partial charge on any atom is 0.209 e. The molecule has 1 fully saturated rings. The third kappa shape index (κ3) is 3.64. The molecule has 14 heavy (non-hydrogen) atoms. The molecule has 1 unspecified atom stereocenters. The molecule has 1 aliphatic heterocycles. The fourth-order valence-electron chi connectivity index (χ4n) is 1.90. The van der Waals surface area contributed by atoms with Gasteiger partial charge in [-0.2, -0.15) is 0 Å². The molecule has 1 heterocycles. The van der Waals surface area contributed by atoms with Crippen molar-refractivity contribution in [3.63, 3.8) is 0 Å². The summed E-state index contributed by atoms with van der Waals surface area (Å²) < 4.78 is 4.95. The molecule has 1 amide bonds. The average molecular weight is 200 g/mol. The van der Waals surface area contributed by atoms with Crippen molar-refractivity contribution in [1.29, 1.82) is 0 Å². The number of methoxy groups -OCH3 is 1. The summed E-state index contributed by atoms with van der Waals surface area (Å²) in [4.78, 5) is 14.9. The molecule has 4 nitrogen and oxygen atoms in total. The van der Waals surface area contributed by atoms with Gasteiger partial charge in [-0.1, -0.05) is 0 Å². The van der Waals surface area contributed by atoms with Crippen molar-refractivity contribution >= 4 is 6.41 Å². The summed E-state index contributed by atoms with van der Waals surface area (Å²) in [6.45, 7) is 4.47. The van der Waals surface area contributed by atoms with Crippen molar-refractivity contribution < 1.29 is 9.53 Å². The number of carbonyl (C=O) groups excluding carboxylic acids is 1. The first-order chi connectivity index (χ1) is 6.76. The highest BCUT2D eigenvalue weighted by molar-refractivity contribution is 5.46. The Labute approximate surface area is 85.8 Å². The van der Waals surface area contributed by atoms with Crippen LogP contribution in [0.5, 0.6) is 0 Å². The maximum atomic E-state index is 10.7. The Morgan fingerprint density at radius 3 is 2.93 bits per heavy atom. The lowest BCUT2D eigenvalue weighted by molar-refractivity contribution is -0.119. The van der Waals surface area contributed by atoms with Crippen LogP contribution in [-0.4, -0.2) is 63.2 Å². The molecule has 0 N–H and O–H groups in total. The molecule has 1 aliphatic rings. The Kier molecular flexibility index (Phi) is 4.90. The maximum absolute atomic E-state index is 10.7. The van der Waals surface area contributed by atoms with Gasteiger partial charge >= 0.3 is 0 Å². The van der Waals surface area contributed by atoms with Gasteiger partial charge in [-0.05, 0) is 25.9 Å². The molecule has 4 heteroatoms. The first-order valence-corrected chi connectivity index (χ1v) is 5.13. The van der Waals surface area contributed by atoms with Crippen LogP contribution in [0.3, 0.4) is 0 Å². The average Bonchev–Trinajstić information content (AvgIpc) is 2.58. The van der Waals surface area contributed by atoms with Crippen LogP contribution < -0.4 is 0 Å². The van der Waals surface area contributed by atoms with Crippen LogP contribution >= 0.6 is 0 Å². The lowest BCUT2D eigenvalue weighted by Gasteiger charge is -2.20. The Morgan fingerprint density at radius 2 is 2.43 bits per heavy atom. The molecule has 82 valence electrons. The molecule has 1 saturated heterocycles. The fraction of sp³-hybridized carbons (Fsp3) is 0.900. The Hall–Kier alpha value is -0.610. The minimum absolute atomic E-state index is 0.626. The summed E-state index contributed by atoms with van der Waals surface area (Å²) in [7, 11) is 3.78. The molecule has 1 atom stereocenters. The van der Waals surface area contributed by atoms with E-state index >= 15 is 0 Å². The van der Waals surface area contributed by atoms with Gasteiger partial charge in [0.15, 0.2) is 0 Å². The number of nitrogens with zero attached hydrogens (tertiary/aromatic N) is 2. The zero-order valence-corrected chi connectivity index (χ0v) is 9.11. The first-order valence-electron chi connectivity index (χ1n) is 5.13. The lowest BCUT2D eigenvalue weighted by atomic mass is 10.1. The number of hydrogen-bond donors (Lipinski definition) is 0. The first kappa shape index (κ1) is 11.5. The van der Waals surface area contributed by atoms with E-state index in [-0.39, 0.29) is 0 Å². The van der Waals surface area contributed by atoms with Crippen LogP contribution in [0.4, 0.5) is 0 Å². The summed E-state index contributed by atoms with van der Waals surface area (Å²) in [5.74, 6) is 0.641. The van der Waals surface area contributed by atoms with Gasteiger partial charge in [0.1, 0.15) is 0 Å². The molecule has 0 aliphatic carbocycles. The normalized spacial score (nSPS) is 22.6. The number of ether oxygens (including phenoxy) is 1. The van der Waals surface area contributed by atoms with E-state index in [9.17, 15) is 4.79 Å². The quantitative estimate of drug-likeness (QED) is 0.568. The standard InChI is InChI=1S/C10H20N2O2/c1-11-4-3-10(7-11)8-12(9-13)5-6-14-2/h9-10H,3-8H2,1-2H3. The highest BCUT2D eigenvalue weighted by Gasteiger charge is 2.21. The fourth-order valence-corrected chi connectivity index (χ4v) is 1.90. The van der Waals surface area contributed by atoms with Crippen LogP contribution in [0.1, 0.15) is 6.42 Å². The molecule has 0 saturated carbocycles. The van der Waals surface area contributed by atoms with Crippen molar-refractivity contribution in [2.24, 2.45) is 5.92 Å². The van der Waals surface area contributed by atoms with Gasteiger partial charge in [-0.25, -0.2) is 0 Å². The summed E-state index contributed by atoms with van der Waals surface area (Å²) >= 11 is 0. The third-order valence-electron chi connectivity index (χ3n) is 2.71. The molecule has 0 aromatic heterocycles. The van der Waals surface area contributed by atoms with Crippen LogP contribution in [0.25, 0.3) is 0 Å². The number of hydrogen-bond acceptors (Lipinski definition) is 3. The van der Waals surface area contributed by atoms with E-state index in [4.69, 9.17) is 4.74 Å². The second kappa shape index (κ2) is 5.98. The summed E-state index contributed by atoms with van der Waals surface area (Å²) in [6.07, 6.45) is 2.13. The van der Waals surface area contributed by atoms with Crippen molar-refractivity contribution in [2.45, 2.75) is 6.42 Å². The summed E-state index contributed by atoms with van der Waals surface area (Å²) in [5.41, 5.74) is 0. The van der Waals surface area contributed by atoms with Crippen molar-refractivity contribution in [3.05, 3.63) is 0 Å². The smallest absolute Gasteiger partial charge is 0.209 e. The van der Waals surface area contributed by atoms with E-state index in [1.165, 1.54) is 6.42 Å². The predicted molar refractivity (Wildman–Crippen MR) is 55.1 cm³/mol. The van der Waals surface area contributed by atoms with Crippen molar-refractivity contribution in [2.75, 3.05) is 46.9 Å². The molecule has 0 aromatic carbocycles. The molecule has 0 spiro atoms. The minimum atomic E-state index is 0.626. The van der Waals surface area contributed by atoms with Gasteiger partial charge in [0.25, 0.3) is 0 Å². The molecular weight excluding hydrogens is 180 g/mol. The van der Waals surface area contributed by atoms with Gasteiger partial charge < -0.3 is 14.5 Å². The molecule has 0 aromatic rings. The van der Waals surface area contributed by atoms with Gasteiger partial charge in [-0.3, -0.25) is 4.79 Å². The van der Waals surface area contributed by atoms with Crippen molar-refractivity contribution in [1.82, 2.24) is 9.80 Å². The lowest BCUT2D eigenvalue weighted by Crippen LogP contribution is -2.32. The van der Waals surface area contributed by atoms with E-state index in [0.29, 0.717) is 19.1 Å². The third-order valence-corrected chi connectivity index (χ3v) is 2.71. The highest BCUT2D eigenvalue weighted by atomic mass is 16.5. The van der Waals surface area contributed by atoms with Crippen LogP contribution in [0, 0.1) is 5.92 Å². The van der Waals surface area contributed by atoms with E-state index in [0.717, 1.165) is 26.0 Å². The summed E-state index contributed by atoms with van der Waals surface area (Å²) in [6, 6.07) is 0. The molecule has 1 rings (SSSR count). The zero-order chi connectivity index (χ0) is 10.4. The largest absolute Gasteiger partial charge is 0.383 e. The van der Waals surface area contributed by atoms with Crippen LogP contribution in [0.2, 0.25) is 0 Å². The van der Waals surface area contributed by atoms with Crippen molar-refractivity contribution in [3.8, 4) is 0 Å². The molecular formula is C10H20N2O2. The Bertz CT molecular complexity index is 176. The molecule has 0 bridgehead atoms. The number of likely N-dealkylation sites (tertiary alicyclic amines) is 1. The van der Waals surface area contributed by atoms with Gasteiger partial charge in [-0.15, -0.1) is 0 Å². The van der Waals surface area contributed by atoms with Crippen LogP contribution in [0.15, 0.2) is 0 Å². The topological polar surface area (TPSA) is 32.8 Å². The van der Waals surface area contributed by atoms with Gasteiger partial charge in [0.05, 0.1) is 6.61 Å².